The Bertz CT molecular complexity index is 673. The number of carboxylic acid groups (broad SMARTS) is 1. The number of nitrogens with one attached hydrogen (secondary N) is 2. The van der Waals surface area contributed by atoms with E-state index in [2.05, 4.69) is 27.8 Å². The fourth-order valence-electron chi connectivity index (χ4n) is 3.55. The molecule has 8 nitrogen and oxygen atoms in total. The van der Waals surface area contributed by atoms with Gasteiger partial charge >= 0.3 is 12.0 Å². The molecule has 0 spiro atoms. The molecule has 1 aromatic heterocycles. The second kappa shape index (κ2) is 9.03. The second-order valence-corrected chi connectivity index (χ2v) is 7.21. The maximum absolute atomic E-state index is 12.3. The van der Waals surface area contributed by atoms with Crippen LogP contribution in [0.3, 0.4) is 0 Å². The van der Waals surface area contributed by atoms with Gasteiger partial charge < -0.3 is 20.6 Å². The summed E-state index contributed by atoms with van der Waals surface area (Å²) in [6.45, 7) is 5.57. The summed E-state index contributed by atoms with van der Waals surface area (Å²) in [6, 6.07) is 3.66. The van der Waals surface area contributed by atoms with Gasteiger partial charge in [-0.1, -0.05) is 6.07 Å². The highest BCUT2D eigenvalue weighted by Gasteiger charge is 2.26. The number of aryl methyl sites for hydroxylation is 2. The third-order valence-electron chi connectivity index (χ3n) is 5.34. The highest BCUT2D eigenvalue weighted by atomic mass is 16.4. The number of amides is 2. The molecular weight excluding hydrogens is 346 g/mol. The number of pyridine rings is 1. The molecule has 2 amide bonds. The zero-order valence-corrected chi connectivity index (χ0v) is 15.9. The van der Waals surface area contributed by atoms with Crippen molar-refractivity contribution in [3.8, 4) is 0 Å². The standard InChI is InChI=1S/C19H29N5O3/c1-14(18(25)26)23-10-12-24(13-11-23)19(27)21-9-3-5-16-7-6-15-4-2-8-20-17(15)22-16/h6-7,14H,2-5,8-13H2,1H3,(H,20,22)(H,21,27)(H,25,26). The van der Waals surface area contributed by atoms with E-state index < -0.39 is 12.0 Å². The molecule has 3 heterocycles. The highest BCUT2D eigenvalue weighted by molar-refractivity contribution is 5.74. The van der Waals surface area contributed by atoms with Gasteiger partial charge in [-0.3, -0.25) is 9.69 Å². The summed E-state index contributed by atoms with van der Waals surface area (Å²) in [7, 11) is 0. The van der Waals surface area contributed by atoms with Gasteiger partial charge in [-0.05, 0) is 44.2 Å². The van der Waals surface area contributed by atoms with E-state index in [0.29, 0.717) is 32.7 Å². The summed E-state index contributed by atoms with van der Waals surface area (Å²) in [5, 5.41) is 15.4. The lowest BCUT2D eigenvalue weighted by Crippen LogP contribution is -2.55. The van der Waals surface area contributed by atoms with E-state index in [1.165, 1.54) is 5.56 Å². The number of aliphatic carboxylic acids is 1. The monoisotopic (exact) mass is 375 g/mol. The van der Waals surface area contributed by atoms with Crippen LogP contribution in [0.5, 0.6) is 0 Å². The smallest absolute Gasteiger partial charge is 0.320 e. The first kappa shape index (κ1) is 19.4. The molecule has 0 aliphatic carbocycles. The highest BCUT2D eigenvalue weighted by Crippen LogP contribution is 2.20. The van der Waals surface area contributed by atoms with Crippen molar-refractivity contribution in [3.05, 3.63) is 23.4 Å². The molecule has 2 aliphatic rings. The van der Waals surface area contributed by atoms with Gasteiger partial charge in [0.05, 0.1) is 0 Å². The number of carbonyl (C=O) groups is 2. The third kappa shape index (κ3) is 5.09. The molecule has 3 N–H and O–H groups in total. The molecule has 0 bridgehead atoms. The Morgan fingerprint density at radius 2 is 2.07 bits per heavy atom. The average molecular weight is 375 g/mol. The van der Waals surface area contributed by atoms with Crippen molar-refractivity contribution in [2.75, 3.05) is 44.6 Å². The van der Waals surface area contributed by atoms with Crippen LogP contribution in [0.2, 0.25) is 0 Å². The van der Waals surface area contributed by atoms with Gasteiger partial charge in [0.1, 0.15) is 11.9 Å². The van der Waals surface area contributed by atoms with Crippen molar-refractivity contribution in [2.24, 2.45) is 0 Å². The lowest BCUT2D eigenvalue weighted by Gasteiger charge is -2.36. The van der Waals surface area contributed by atoms with Crippen LogP contribution in [-0.2, 0) is 17.6 Å². The number of carboxylic acids is 1. The number of fused-ring (bicyclic) bond motifs is 1. The van der Waals surface area contributed by atoms with Crippen LogP contribution in [0, 0.1) is 0 Å². The summed E-state index contributed by atoms with van der Waals surface area (Å²) in [6.07, 6.45) is 3.92. The first-order chi connectivity index (χ1) is 13.0. The first-order valence-corrected chi connectivity index (χ1v) is 9.77. The molecule has 3 rings (SSSR count). The third-order valence-corrected chi connectivity index (χ3v) is 5.34. The second-order valence-electron chi connectivity index (χ2n) is 7.21. The lowest BCUT2D eigenvalue weighted by atomic mass is 10.1. The zero-order valence-electron chi connectivity index (χ0n) is 15.9. The predicted octanol–water partition coefficient (Wildman–Crippen LogP) is 1.17. The van der Waals surface area contributed by atoms with Crippen LogP contribution in [-0.4, -0.2) is 77.2 Å². The van der Waals surface area contributed by atoms with Gasteiger partial charge in [0.2, 0.25) is 0 Å². The first-order valence-electron chi connectivity index (χ1n) is 9.77. The normalized spacial score (nSPS) is 18.3. The summed E-state index contributed by atoms with van der Waals surface area (Å²) in [5.74, 6) is 0.190. The predicted molar refractivity (Wildman–Crippen MR) is 103 cm³/mol. The minimum absolute atomic E-state index is 0.0716. The summed E-state index contributed by atoms with van der Waals surface area (Å²) < 4.78 is 0. The van der Waals surface area contributed by atoms with E-state index in [9.17, 15) is 9.59 Å². The summed E-state index contributed by atoms with van der Waals surface area (Å²) >= 11 is 0. The van der Waals surface area contributed by atoms with Crippen molar-refractivity contribution in [1.29, 1.82) is 0 Å². The van der Waals surface area contributed by atoms with E-state index in [1.54, 1.807) is 11.8 Å². The van der Waals surface area contributed by atoms with Crippen LogP contribution in [0.1, 0.15) is 31.0 Å². The Hall–Kier alpha value is -2.35. The molecule has 1 saturated heterocycles. The number of nitrogens with zero attached hydrogens (tertiary/aromatic N) is 3. The number of rotatable bonds is 6. The fourth-order valence-corrected chi connectivity index (χ4v) is 3.55. The van der Waals surface area contributed by atoms with Gasteiger partial charge in [-0.15, -0.1) is 0 Å². The maximum atomic E-state index is 12.3. The quantitative estimate of drug-likeness (QED) is 0.646. The molecule has 2 aliphatic heterocycles. The van der Waals surface area contributed by atoms with Crippen LogP contribution in [0.25, 0.3) is 0 Å². The summed E-state index contributed by atoms with van der Waals surface area (Å²) in [4.78, 5) is 31.6. The number of aromatic nitrogens is 1. The van der Waals surface area contributed by atoms with Gasteiger partial charge in [0.15, 0.2) is 0 Å². The number of urea groups is 1. The Kier molecular flexibility index (Phi) is 6.49. The zero-order chi connectivity index (χ0) is 19.2. The number of hydrogen-bond donors (Lipinski definition) is 3. The van der Waals surface area contributed by atoms with Crippen molar-refractivity contribution in [1.82, 2.24) is 20.1 Å². The minimum Gasteiger partial charge on any atom is -0.480 e. The molecule has 148 valence electrons. The van der Waals surface area contributed by atoms with Gasteiger partial charge in [0, 0.05) is 45.0 Å². The molecule has 1 fully saturated rings. The van der Waals surface area contributed by atoms with Crippen molar-refractivity contribution in [2.45, 2.75) is 38.6 Å². The Labute approximate surface area is 159 Å². The fraction of sp³-hybridized carbons (Fsp3) is 0.632. The van der Waals surface area contributed by atoms with E-state index in [1.807, 2.05) is 4.90 Å². The van der Waals surface area contributed by atoms with E-state index >= 15 is 0 Å². The van der Waals surface area contributed by atoms with Gasteiger partial charge in [-0.2, -0.15) is 0 Å². The minimum atomic E-state index is -0.820. The Balaban J connectivity index is 1.36. The topological polar surface area (TPSA) is 97.8 Å². The SMILES string of the molecule is CC(C(=O)O)N1CCN(C(=O)NCCCc2ccc3c(n2)NCCC3)CC1. The largest absolute Gasteiger partial charge is 0.480 e. The number of anilines is 1. The molecule has 1 unspecified atom stereocenters. The molecule has 1 aromatic rings. The number of carbonyl (C=O) groups excluding carboxylic acids is 1. The maximum Gasteiger partial charge on any atom is 0.320 e. The van der Waals surface area contributed by atoms with Crippen molar-refractivity contribution < 1.29 is 14.7 Å². The molecule has 8 heteroatoms. The molecule has 0 radical (unpaired) electrons. The number of piperazine rings is 1. The molecule has 1 atom stereocenters. The summed E-state index contributed by atoms with van der Waals surface area (Å²) in [5.41, 5.74) is 2.34. The molecule has 0 saturated carbocycles. The Morgan fingerprint density at radius 1 is 1.30 bits per heavy atom. The molecule has 27 heavy (non-hydrogen) atoms. The van der Waals surface area contributed by atoms with E-state index in [-0.39, 0.29) is 6.03 Å². The van der Waals surface area contributed by atoms with E-state index in [0.717, 1.165) is 43.7 Å². The van der Waals surface area contributed by atoms with Crippen molar-refractivity contribution in [3.63, 3.8) is 0 Å². The molecule has 0 aromatic carbocycles. The lowest BCUT2D eigenvalue weighted by molar-refractivity contribution is -0.143. The van der Waals surface area contributed by atoms with Crippen LogP contribution in [0.15, 0.2) is 12.1 Å². The average Bonchev–Trinajstić information content (AvgIpc) is 2.70. The van der Waals surface area contributed by atoms with Crippen LogP contribution < -0.4 is 10.6 Å². The number of hydrogen-bond acceptors (Lipinski definition) is 5. The van der Waals surface area contributed by atoms with Crippen molar-refractivity contribution >= 4 is 17.8 Å². The Morgan fingerprint density at radius 3 is 2.81 bits per heavy atom. The van der Waals surface area contributed by atoms with Crippen LogP contribution in [0.4, 0.5) is 10.6 Å². The molecular formula is C19H29N5O3. The van der Waals surface area contributed by atoms with Gasteiger partial charge in [-0.25, -0.2) is 9.78 Å². The van der Waals surface area contributed by atoms with Crippen LogP contribution >= 0.6 is 0 Å². The van der Waals surface area contributed by atoms with E-state index in [4.69, 9.17) is 5.11 Å². The van der Waals surface area contributed by atoms with Gasteiger partial charge in [0.25, 0.3) is 0 Å².